The van der Waals surface area contributed by atoms with Crippen LogP contribution in [0.5, 0.6) is 11.5 Å². The summed E-state index contributed by atoms with van der Waals surface area (Å²) < 4.78 is 17.3. The SMILES string of the molecule is CC(C)CC(NC(=O)Oc1ccccc1)C(=O)N1CCCC1c1nc2ccc(-c3ccc(-c4ccc(-c5cnc(C6CCCN6C(=O)C(NC(=O)Oc6ccccc6)C(C)C)[nH]5)cc4)c4c5ccc(o5)c34)cc2[nH]1. The molecule has 4 N–H and O–H groups in total. The van der Waals surface area contributed by atoms with E-state index in [-0.39, 0.29) is 35.7 Å². The van der Waals surface area contributed by atoms with Gasteiger partial charge in [-0.05, 0) is 120 Å². The van der Waals surface area contributed by atoms with Crippen LogP contribution in [-0.4, -0.2) is 78.9 Å². The molecule has 0 aliphatic carbocycles. The third kappa shape index (κ3) is 9.52. The first kappa shape index (κ1) is 47.8. The molecular formula is C59H58N8O7. The van der Waals surface area contributed by atoms with E-state index in [0.29, 0.717) is 42.7 Å². The van der Waals surface area contributed by atoms with Crippen molar-refractivity contribution in [2.75, 3.05) is 13.1 Å². The lowest BCUT2D eigenvalue weighted by atomic mass is 9.91. The zero-order valence-corrected chi connectivity index (χ0v) is 41.8. The van der Waals surface area contributed by atoms with Gasteiger partial charge in [0.2, 0.25) is 11.8 Å². The van der Waals surface area contributed by atoms with E-state index in [2.05, 4.69) is 69.1 Å². The molecule has 11 rings (SSSR count). The molecule has 4 amide bonds. The molecule has 2 aliphatic heterocycles. The minimum Gasteiger partial charge on any atom is -0.456 e. The predicted molar refractivity (Wildman–Crippen MR) is 283 cm³/mol. The summed E-state index contributed by atoms with van der Waals surface area (Å²) in [6.45, 7) is 9.00. The molecule has 15 nitrogen and oxygen atoms in total. The Morgan fingerprint density at radius 3 is 1.84 bits per heavy atom. The number of aromatic nitrogens is 4. The number of benzene rings is 6. The van der Waals surface area contributed by atoms with Crippen molar-refractivity contribution < 1.29 is 33.1 Å². The van der Waals surface area contributed by atoms with Gasteiger partial charge in [-0.3, -0.25) is 9.59 Å². The van der Waals surface area contributed by atoms with Crippen molar-refractivity contribution >= 4 is 57.0 Å². The molecular weight excluding hydrogens is 933 g/mol. The summed E-state index contributed by atoms with van der Waals surface area (Å²) in [5.41, 5.74) is 9.17. The molecule has 4 unspecified atom stereocenters. The summed E-state index contributed by atoms with van der Waals surface area (Å²) in [6.07, 6.45) is 4.08. The number of rotatable bonds is 14. The number of hydrogen-bond acceptors (Lipinski definition) is 9. The van der Waals surface area contributed by atoms with E-state index in [0.717, 1.165) is 92.2 Å². The second kappa shape index (κ2) is 20.2. The molecule has 2 saturated heterocycles. The average molecular weight is 991 g/mol. The Balaban J connectivity index is 0.799. The maximum absolute atomic E-state index is 14.2. The Hall–Kier alpha value is -8.46. The van der Waals surface area contributed by atoms with E-state index in [1.807, 2.05) is 74.0 Å². The second-order valence-corrected chi connectivity index (χ2v) is 20.2. The van der Waals surface area contributed by atoms with Crippen LogP contribution in [0.1, 0.15) is 83.5 Å². The smallest absolute Gasteiger partial charge is 0.413 e. The van der Waals surface area contributed by atoms with Gasteiger partial charge in [0, 0.05) is 23.9 Å². The molecule has 15 heteroatoms. The van der Waals surface area contributed by atoms with Gasteiger partial charge in [-0.25, -0.2) is 19.6 Å². The summed E-state index contributed by atoms with van der Waals surface area (Å²) in [6, 6.07) is 38.5. The number of imidazole rings is 2. The summed E-state index contributed by atoms with van der Waals surface area (Å²) in [4.78, 5) is 74.6. The van der Waals surface area contributed by atoms with Gasteiger partial charge in [0.15, 0.2) is 0 Å². The van der Waals surface area contributed by atoms with Crippen molar-refractivity contribution in [3.8, 4) is 45.0 Å². The summed E-state index contributed by atoms with van der Waals surface area (Å²) in [7, 11) is 0. The predicted octanol–water partition coefficient (Wildman–Crippen LogP) is 12.0. The molecule has 4 atom stereocenters. The largest absolute Gasteiger partial charge is 0.456 e. The number of fused-ring (bicyclic) bond motifs is 6. The fraction of sp³-hybridized carbons (Fsp3) is 0.288. The Kier molecular flexibility index (Phi) is 13.1. The first-order valence-electron chi connectivity index (χ1n) is 25.6. The lowest BCUT2D eigenvalue weighted by molar-refractivity contribution is -0.135. The molecule has 0 spiro atoms. The van der Waals surface area contributed by atoms with Gasteiger partial charge in [0.25, 0.3) is 0 Å². The number of hydrogen-bond donors (Lipinski definition) is 4. The number of ether oxygens (including phenoxy) is 2. The van der Waals surface area contributed by atoms with Gasteiger partial charge in [0.1, 0.15) is 46.4 Å². The molecule has 4 aromatic heterocycles. The number of para-hydroxylation sites is 2. The fourth-order valence-electron chi connectivity index (χ4n) is 10.8. The number of carbonyl (C=O) groups is 4. The Morgan fingerprint density at radius 2 is 1.22 bits per heavy atom. The highest BCUT2D eigenvalue weighted by Gasteiger charge is 2.39. The normalized spacial score (nSPS) is 16.7. The third-order valence-corrected chi connectivity index (χ3v) is 14.3. The summed E-state index contributed by atoms with van der Waals surface area (Å²) >= 11 is 0. The first-order valence-corrected chi connectivity index (χ1v) is 25.6. The molecule has 74 heavy (non-hydrogen) atoms. The highest BCUT2D eigenvalue weighted by molar-refractivity contribution is 6.19. The number of nitrogens with zero attached hydrogens (tertiary/aromatic N) is 4. The van der Waals surface area contributed by atoms with Crippen LogP contribution in [0.2, 0.25) is 0 Å². The number of amides is 4. The maximum atomic E-state index is 14.2. The lowest BCUT2D eigenvalue weighted by Crippen LogP contribution is -2.51. The van der Waals surface area contributed by atoms with Crippen molar-refractivity contribution in [1.29, 1.82) is 0 Å². The highest BCUT2D eigenvalue weighted by atomic mass is 16.6. The van der Waals surface area contributed by atoms with Gasteiger partial charge in [-0.15, -0.1) is 0 Å². The van der Waals surface area contributed by atoms with Crippen LogP contribution in [0.4, 0.5) is 9.59 Å². The zero-order valence-electron chi connectivity index (χ0n) is 41.8. The molecule has 376 valence electrons. The van der Waals surface area contributed by atoms with E-state index in [9.17, 15) is 19.2 Å². The number of H-pyrrole nitrogens is 2. The van der Waals surface area contributed by atoms with Crippen LogP contribution >= 0.6 is 0 Å². The second-order valence-electron chi connectivity index (χ2n) is 20.2. The fourth-order valence-corrected chi connectivity index (χ4v) is 10.8. The Morgan fingerprint density at radius 1 is 0.649 bits per heavy atom. The average Bonchev–Trinajstić information content (AvgIpc) is 4.29. The number of furan rings is 2. The van der Waals surface area contributed by atoms with E-state index in [1.54, 1.807) is 48.5 Å². The molecule has 2 bridgehead atoms. The first-order chi connectivity index (χ1) is 35.9. The molecule has 0 saturated carbocycles. The van der Waals surface area contributed by atoms with Gasteiger partial charge in [-0.2, -0.15) is 0 Å². The van der Waals surface area contributed by atoms with Crippen LogP contribution in [0, 0.1) is 11.8 Å². The van der Waals surface area contributed by atoms with Crippen molar-refractivity contribution in [2.24, 2.45) is 11.8 Å². The number of nitrogens with one attached hydrogen (secondary N) is 4. The molecule has 5 aromatic carbocycles. The monoisotopic (exact) mass is 990 g/mol. The molecule has 6 heterocycles. The van der Waals surface area contributed by atoms with Crippen LogP contribution in [0.3, 0.4) is 0 Å². The molecule has 0 radical (unpaired) electrons. The van der Waals surface area contributed by atoms with Crippen molar-refractivity contribution in [2.45, 2.75) is 84.0 Å². The van der Waals surface area contributed by atoms with Gasteiger partial charge in [0.05, 0.1) is 35.0 Å². The standard InChI is InChI=1S/C59H58N8O7/c1-34(2)31-45(64-58(70)72-39-13-7-5-8-14-39)56(68)66-29-12-18-48(66)55-61-43-26-23-38(32-44(43)62-55)42-25-24-41(51-49-27-28-50(74-49)52(42)51)36-19-21-37(22-20-36)46-33-60-54(63-46)47-17-11-30-67(47)57(69)53(35(3)4)65-59(71)73-40-15-9-6-10-16-40/h5-10,13-16,19-28,32-35,45,47-48,53H,11-12,17-18,29-31H2,1-4H3,(H,60,63)(H,61,62)(H,64,70)(H,65,71). The number of likely N-dealkylation sites (tertiary alicyclic amines) is 2. The van der Waals surface area contributed by atoms with Crippen LogP contribution in [0.15, 0.2) is 138 Å². The van der Waals surface area contributed by atoms with E-state index in [4.69, 9.17) is 23.9 Å². The maximum Gasteiger partial charge on any atom is 0.413 e. The van der Waals surface area contributed by atoms with E-state index < -0.39 is 24.3 Å². The highest BCUT2D eigenvalue weighted by Crippen LogP contribution is 2.45. The molecule has 2 aliphatic rings. The number of carbonyl (C=O) groups excluding carboxylic acids is 4. The number of aromatic amines is 2. The zero-order chi connectivity index (χ0) is 51.0. The molecule has 2 fully saturated rings. The van der Waals surface area contributed by atoms with Gasteiger partial charge < -0.3 is 44.3 Å². The Labute approximate surface area is 428 Å². The lowest BCUT2D eigenvalue weighted by Gasteiger charge is -2.30. The van der Waals surface area contributed by atoms with E-state index >= 15 is 0 Å². The topological polar surface area (TPSA) is 188 Å². The molecule has 9 aromatic rings. The van der Waals surface area contributed by atoms with Crippen molar-refractivity contribution in [1.82, 2.24) is 40.4 Å². The summed E-state index contributed by atoms with van der Waals surface area (Å²) in [5.74, 6) is 1.90. The van der Waals surface area contributed by atoms with Crippen molar-refractivity contribution in [3.05, 3.63) is 145 Å². The van der Waals surface area contributed by atoms with Crippen LogP contribution in [-0.2, 0) is 9.59 Å². The van der Waals surface area contributed by atoms with Crippen molar-refractivity contribution in [3.63, 3.8) is 0 Å². The minimum atomic E-state index is -0.766. The third-order valence-electron chi connectivity index (χ3n) is 14.3. The van der Waals surface area contributed by atoms with E-state index in [1.165, 1.54) is 0 Å². The summed E-state index contributed by atoms with van der Waals surface area (Å²) in [5, 5.41) is 7.73. The van der Waals surface area contributed by atoms with Crippen LogP contribution in [0.25, 0.3) is 66.5 Å². The minimum absolute atomic E-state index is 0.150. The van der Waals surface area contributed by atoms with Gasteiger partial charge >= 0.3 is 12.2 Å². The van der Waals surface area contributed by atoms with Crippen LogP contribution < -0.4 is 20.1 Å². The quantitative estimate of drug-likeness (QED) is 0.0822. The Bertz CT molecular complexity index is 3470. The van der Waals surface area contributed by atoms with Gasteiger partial charge in [-0.1, -0.05) is 107 Å².